The number of benzene rings is 3. The van der Waals surface area contributed by atoms with Crippen LogP contribution in [0.4, 0.5) is 11.4 Å². The number of hydrogen-bond acceptors (Lipinski definition) is 4. The lowest BCUT2D eigenvalue weighted by atomic mass is 10.1. The van der Waals surface area contributed by atoms with Crippen LogP contribution in [-0.2, 0) is 16.1 Å². The van der Waals surface area contributed by atoms with Crippen LogP contribution in [0.1, 0.15) is 15.9 Å². The molecule has 0 fully saturated rings. The maximum absolute atomic E-state index is 13.0. The Morgan fingerprint density at radius 1 is 0.800 bits per heavy atom. The number of nitrogens with zero attached hydrogens (tertiary/aromatic N) is 1. The molecule has 0 spiro atoms. The Hall–Kier alpha value is -2.74. The molecule has 0 bridgehead atoms. The van der Waals surface area contributed by atoms with E-state index < -0.39 is 11.8 Å². The zero-order chi connectivity index (χ0) is 25.3. The van der Waals surface area contributed by atoms with Crippen molar-refractivity contribution >= 4 is 87.1 Å². The summed E-state index contributed by atoms with van der Waals surface area (Å²) in [5.41, 5.74) is 1.39. The van der Waals surface area contributed by atoms with E-state index in [1.165, 1.54) is 24.3 Å². The van der Waals surface area contributed by atoms with Crippen LogP contribution >= 0.6 is 58.0 Å². The number of carbonyl (C=O) groups excluding carboxylic acids is 3. The molecule has 178 valence electrons. The molecule has 1 aliphatic heterocycles. The minimum atomic E-state index is -0.739. The van der Waals surface area contributed by atoms with E-state index in [0.717, 1.165) is 4.90 Å². The zero-order valence-electron chi connectivity index (χ0n) is 17.5. The van der Waals surface area contributed by atoms with Crippen molar-refractivity contribution in [2.45, 2.75) is 6.54 Å². The molecule has 1 aliphatic rings. The summed E-state index contributed by atoms with van der Waals surface area (Å²) in [5.74, 6) is -1.81. The van der Waals surface area contributed by atoms with E-state index >= 15 is 0 Å². The highest BCUT2D eigenvalue weighted by molar-refractivity contribution is 6.54. The lowest BCUT2D eigenvalue weighted by Crippen LogP contribution is -2.32. The first-order valence-corrected chi connectivity index (χ1v) is 11.9. The highest BCUT2D eigenvalue weighted by Crippen LogP contribution is 2.35. The van der Waals surface area contributed by atoms with E-state index in [4.69, 9.17) is 58.0 Å². The van der Waals surface area contributed by atoms with Crippen molar-refractivity contribution in [3.8, 4) is 0 Å². The number of carbonyl (C=O) groups is 3. The van der Waals surface area contributed by atoms with Gasteiger partial charge in [-0.2, -0.15) is 0 Å². The van der Waals surface area contributed by atoms with Gasteiger partial charge >= 0.3 is 0 Å². The SMILES string of the molecule is O=C(NCc1ccc(Cl)cc1Cl)c1cccc(NC2=C(Cl)C(=O)N(c3ccc(Cl)cc3Cl)C2=O)c1. The fraction of sp³-hybridized carbons (Fsp3) is 0.0417. The van der Waals surface area contributed by atoms with Crippen molar-refractivity contribution < 1.29 is 14.4 Å². The highest BCUT2D eigenvalue weighted by atomic mass is 35.5. The molecular formula is C24H14Cl5N3O3. The van der Waals surface area contributed by atoms with Crippen molar-refractivity contribution in [1.29, 1.82) is 0 Å². The van der Waals surface area contributed by atoms with Crippen molar-refractivity contribution in [1.82, 2.24) is 5.32 Å². The van der Waals surface area contributed by atoms with E-state index in [-0.39, 0.29) is 33.9 Å². The Bertz CT molecular complexity index is 1410. The third-order valence-electron chi connectivity index (χ3n) is 5.03. The highest BCUT2D eigenvalue weighted by Gasteiger charge is 2.39. The first kappa shape index (κ1) is 25.4. The maximum Gasteiger partial charge on any atom is 0.283 e. The average Bonchev–Trinajstić information content (AvgIpc) is 3.02. The normalized spacial score (nSPS) is 13.5. The maximum atomic E-state index is 13.0. The van der Waals surface area contributed by atoms with E-state index in [9.17, 15) is 14.4 Å². The van der Waals surface area contributed by atoms with Crippen molar-refractivity contribution in [2.75, 3.05) is 10.2 Å². The van der Waals surface area contributed by atoms with Crippen LogP contribution in [0.25, 0.3) is 0 Å². The molecule has 2 N–H and O–H groups in total. The Labute approximate surface area is 225 Å². The first-order valence-electron chi connectivity index (χ1n) is 9.98. The third-order valence-corrected chi connectivity index (χ3v) is 6.50. The van der Waals surface area contributed by atoms with Gasteiger partial charge in [0, 0.05) is 32.9 Å². The molecular weight excluding hydrogens is 556 g/mol. The van der Waals surface area contributed by atoms with Crippen LogP contribution in [0.3, 0.4) is 0 Å². The number of imide groups is 1. The number of anilines is 2. The van der Waals surface area contributed by atoms with Crippen LogP contribution in [0, 0.1) is 0 Å². The summed E-state index contributed by atoms with van der Waals surface area (Å²) >= 11 is 30.3. The van der Waals surface area contributed by atoms with Gasteiger partial charge in [0.1, 0.15) is 10.7 Å². The predicted molar refractivity (Wildman–Crippen MR) is 140 cm³/mol. The molecule has 0 aliphatic carbocycles. The molecule has 1 heterocycles. The van der Waals surface area contributed by atoms with Crippen LogP contribution in [0.15, 0.2) is 71.4 Å². The molecule has 0 saturated carbocycles. The summed E-state index contributed by atoms with van der Waals surface area (Å²) in [6.45, 7) is 0.188. The lowest BCUT2D eigenvalue weighted by Gasteiger charge is -2.16. The van der Waals surface area contributed by atoms with Gasteiger partial charge in [-0.1, -0.05) is 70.1 Å². The second-order valence-corrected chi connectivity index (χ2v) is 9.42. The number of halogens is 5. The van der Waals surface area contributed by atoms with E-state index in [2.05, 4.69) is 10.6 Å². The Morgan fingerprint density at radius 2 is 1.49 bits per heavy atom. The van der Waals surface area contributed by atoms with Gasteiger partial charge in [0.2, 0.25) is 0 Å². The lowest BCUT2D eigenvalue weighted by molar-refractivity contribution is -0.120. The summed E-state index contributed by atoms with van der Waals surface area (Å²) in [7, 11) is 0. The van der Waals surface area contributed by atoms with Gasteiger partial charge in [-0.25, -0.2) is 4.90 Å². The molecule has 6 nitrogen and oxygen atoms in total. The zero-order valence-corrected chi connectivity index (χ0v) is 21.3. The van der Waals surface area contributed by atoms with Crippen LogP contribution in [-0.4, -0.2) is 17.7 Å². The summed E-state index contributed by atoms with van der Waals surface area (Å²) < 4.78 is 0. The number of hydrogen-bond donors (Lipinski definition) is 2. The fourth-order valence-corrected chi connectivity index (χ4v) is 4.50. The van der Waals surface area contributed by atoms with Crippen LogP contribution < -0.4 is 15.5 Å². The minimum absolute atomic E-state index is 0.115. The first-order chi connectivity index (χ1) is 16.7. The average molecular weight is 570 g/mol. The quantitative estimate of drug-likeness (QED) is 0.325. The van der Waals surface area contributed by atoms with Crippen molar-refractivity contribution in [3.05, 3.63) is 103 Å². The summed E-state index contributed by atoms with van der Waals surface area (Å²) in [4.78, 5) is 39.2. The van der Waals surface area contributed by atoms with Gasteiger partial charge in [-0.3, -0.25) is 14.4 Å². The van der Waals surface area contributed by atoms with Gasteiger partial charge < -0.3 is 10.6 Å². The molecule has 35 heavy (non-hydrogen) atoms. The summed E-state index contributed by atoms with van der Waals surface area (Å²) in [6.07, 6.45) is 0. The topological polar surface area (TPSA) is 78.5 Å². The second kappa shape index (κ2) is 10.5. The molecule has 4 rings (SSSR count). The monoisotopic (exact) mass is 567 g/mol. The third kappa shape index (κ3) is 5.42. The number of nitrogens with one attached hydrogen (secondary N) is 2. The van der Waals surface area contributed by atoms with Gasteiger partial charge in [0.15, 0.2) is 0 Å². The molecule has 0 aromatic heterocycles. The second-order valence-electron chi connectivity index (χ2n) is 7.35. The summed E-state index contributed by atoms with van der Waals surface area (Å²) in [6, 6.07) is 15.7. The summed E-state index contributed by atoms with van der Waals surface area (Å²) in [5, 5.41) is 6.69. The smallest absolute Gasteiger partial charge is 0.283 e. The van der Waals surface area contributed by atoms with E-state index in [1.807, 2.05) is 0 Å². The van der Waals surface area contributed by atoms with E-state index in [0.29, 0.717) is 31.9 Å². The Balaban J connectivity index is 1.50. The minimum Gasteiger partial charge on any atom is -0.350 e. The van der Waals surface area contributed by atoms with Crippen molar-refractivity contribution in [2.24, 2.45) is 0 Å². The van der Waals surface area contributed by atoms with Gasteiger partial charge in [0.25, 0.3) is 17.7 Å². The molecule has 0 saturated heterocycles. The standard InChI is InChI=1S/C24H14Cl5N3O3/c25-14-5-4-13(17(27)9-14)11-30-22(33)12-2-1-3-16(8-12)31-21-20(29)23(34)32(24(21)35)19-7-6-15(26)10-18(19)28/h1-10,31H,11H2,(H,30,33). The Morgan fingerprint density at radius 3 is 2.17 bits per heavy atom. The molecule has 0 atom stereocenters. The fourth-order valence-electron chi connectivity index (χ4n) is 3.32. The molecule has 11 heteroatoms. The van der Waals surface area contributed by atoms with E-state index in [1.54, 1.807) is 36.4 Å². The van der Waals surface area contributed by atoms with Gasteiger partial charge in [-0.15, -0.1) is 0 Å². The van der Waals surface area contributed by atoms with Crippen molar-refractivity contribution in [3.63, 3.8) is 0 Å². The predicted octanol–water partition coefficient (Wildman–Crippen LogP) is 6.67. The van der Waals surface area contributed by atoms with Crippen LogP contribution in [0.2, 0.25) is 20.1 Å². The molecule has 0 radical (unpaired) electrons. The van der Waals surface area contributed by atoms with Gasteiger partial charge in [-0.05, 0) is 54.1 Å². The molecule has 3 amide bonds. The van der Waals surface area contributed by atoms with Crippen LogP contribution in [0.5, 0.6) is 0 Å². The largest absolute Gasteiger partial charge is 0.350 e. The number of amides is 3. The molecule has 0 unspecified atom stereocenters. The van der Waals surface area contributed by atoms with Gasteiger partial charge in [0.05, 0.1) is 10.7 Å². The Kier molecular flexibility index (Phi) is 7.59. The number of rotatable bonds is 6. The molecule has 3 aromatic carbocycles. The molecule has 3 aromatic rings.